The molecule has 2 N–H and O–H groups in total. The summed E-state index contributed by atoms with van der Waals surface area (Å²) in [5, 5.41) is 3.24. The van der Waals surface area contributed by atoms with Gasteiger partial charge in [-0.2, -0.15) is 0 Å². The largest absolute Gasteiger partial charge is 0.367 e. The maximum absolute atomic E-state index is 12.9. The fourth-order valence-corrected chi connectivity index (χ4v) is 3.67. The molecule has 0 spiro atoms. The van der Waals surface area contributed by atoms with Crippen LogP contribution in [0.4, 0.5) is 5.82 Å². The Morgan fingerprint density at radius 1 is 1.40 bits per heavy atom. The average Bonchev–Trinajstić information content (AvgIpc) is 2.55. The first-order chi connectivity index (χ1) is 11.9. The number of aromatic amines is 1. The van der Waals surface area contributed by atoms with E-state index in [2.05, 4.69) is 10.3 Å². The van der Waals surface area contributed by atoms with Gasteiger partial charge in [-0.3, -0.25) is 19.1 Å². The first kappa shape index (κ1) is 17.7. The van der Waals surface area contributed by atoms with Gasteiger partial charge in [-0.1, -0.05) is 0 Å². The molecule has 0 radical (unpaired) electrons. The third kappa shape index (κ3) is 3.49. The number of ether oxygens (including phenoxy) is 1. The van der Waals surface area contributed by atoms with Crippen molar-refractivity contribution in [3.05, 3.63) is 26.9 Å². The molecule has 1 saturated heterocycles. The van der Waals surface area contributed by atoms with Crippen LogP contribution in [0.5, 0.6) is 0 Å². The van der Waals surface area contributed by atoms with Crippen molar-refractivity contribution >= 4 is 11.7 Å². The zero-order valence-corrected chi connectivity index (χ0v) is 14.8. The molecule has 1 aliphatic carbocycles. The van der Waals surface area contributed by atoms with Crippen LogP contribution in [0.15, 0.2) is 15.7 Å². The fraction of sp³-hybridized carbons (Fsp3) is 0.706. The van der Waals surface area contributed by atoms with E-state index in [0.29, 0.717) is 19.0 Å². The number of aromatic nitrogens is 2. The molecule has 8 heteroatoms. The van der Waals surface area contributed by atoms with Gasteiger partial charge in [0.25, 0.3) is 11.5 Å². The lowest BCUT2D eigenvalue weighted by Crippen LogP contribution is -2.58. The number of nitrogens with zero attached hydrogens (tertiary/aromatic N) is 2. The molecule has 2 fully saturated rings. The van der Waals surface area contributed by atoms with Gasteiger partial charge in [0.05, 0.1) is 0 Å². The Morgan fingerprint density at radius 3 is 2.80 bits per heavy atom. The summed E-state index contributed by atoms with van der Waals surface area (Å²) >= 11 is 0. The number of anilines is 1. The smallest absolute Gasteiger partial charge is 0.329 e. The average molecular weight is 350 g/mol. The molecule has 2 aliphatic rings. The molecule has 1 atom stereocenters. The van der Waals surface area contributed by atoms with E-state index in [1.807, 2.05) is 11.8 Å². The van der Waals surface area contributed by atoms with E-state index in [1.165, 1.54) is 10.6 Å². The third-order valence-corrected chi connectivity index (χ3v) is 5.20. The highest BCUT2D eigenvalue weighted by molar-refractivity contribution is 5.86. The molecule has 1 amide bonds. The number of hydrogen-bond donors (Lipinski definition) is 2. The van der Waals surface area contributed by atoms with Crippen LogP contribution in [0.3, 0.4) is 0 Å². The topological polar surface area (TPSA) is 96.4 Å². The highest BCUT2D eigenvalue weighted by Crippen LogP contribution is 2.38. The lowest BCUT2D eigenvalue weighted by molar-refractivity contribution is -0.171. The first-order valence-electron chi connectivity index (χ1n) is 8.95. The van der Waals surface area contributed by atoms with Gasteiger partial charge in [0.2, 0.25) is 0 Å². The van der Waals surface area contributed by atoms with E-state index in [4.69, 9.17) is 4.74 Å². The van der Waals surface area contributed by atoms with E-state index in [1.54, 1.807) is 7.05 Å². The Labute approximate surface area is 146 Å². The summed E-state index contributed by atoms with van der Waals surface area (Å²) in [6, 6.07) is 1.37. The van der Waals surface area contributed by atoms with Crippen molar-refractivity contribution in [2.75, 3.05) is 25.0 Å². The van der Waals surface area contributed by atoms with Gasteiger partial charge in [0, 0.05) is 38.9 Å². The van der Waals surface area contributed by atoms with Gasteiger partial charge in [-0.25, -0.2) is 4.79 Å². The number of rotatable bonds is 5. The van der Waals surface area contributed by atoms with E-state index >= 15 is 0 Å². The molecular weight excluding hydrogens is 324 g/mol. The monoisotopic (exact) mass is 350 g/mol. The second-order valence-corrected chi connectivity index (χ2v) is 6.90. The quantitative estimate of drug-likeness (QED) is 0.803. The Morgan fingerprint density at radius 2 is 2.16 bits per heavy atom. The number of hydrogen-bond acceptors (Lipinski definition) is 5. The summed E-state index contributed by atoms with van der Waals surface area (Å²) in [5.41, 5.74) is -1.52. The lowest BCUT2D eigenvalue weighted by Gasteiger charge is -2.45. The van der Waals surface area contributed by atoms with Crippen LogP contribution in [0.25, 0.3) is 0 Å². The van der Waals surface area contributed by atoms with Crippen LogP contribution in [0.1, 0.15) is 39.0 Å². The standard InChI is InChI=1S/C17H26N4O4/c1-3-25-17(7-5-8-17)15(23)21-9-4-6-12(11-21)18-13-10-14(22)19-16(24)20(13)2/h10,12,18H,3-9,11H2,1-2H3,(H,19,22,24). The highest BCUT2D eigenvalue weighted by Gasteiger charge is 2.47. The zero-order chi connectivity index (χ0) is 18.0. The maximum Gasteiger partial charge on any atom is 0.329 e. The normalized spacial score (nSPS) is 22.3. The summed E-state index contributed by atoms with van der Waals surface area (Å²) in [6.07, 6.45) is 4.36. The molecule has 3 rings (SSSR count). The number of carbonyl (C=O) groups excluding carboxylic acids is 1. The molecule has 138 valence electrons. The number of piperidine rings is 1. The minimum absolute atomic E-state index is 0.00357. The molecule has 2 heterocycles. The number of carbonyl (C=O) groups is 1. The molecule has 8 nitrogen and oxygen atoms in total. The second kappa shape index (κ2) is 7.03. The van der Waals surface area contributed by atoms with E-state index < -0.39 is 16.9 Å². The Kier molecular flexibility index (Phi) is 4.99. The van der Waals surface area contributed by atoms with Crippen molar-refractivity contribution in [3.63, 3.8) is 0 Å². The molecule has 25 heavy (non-hydrogen) atoms. The Hall–Kier alpha value is -2.09. The van der Waals surface area contributed by atoms with Crippen LogP contribution < -0.4 is 16.6 Å². The predicted molar refractivity (Wildman–Crippen MR) is 93.7 cm³/mol. The summed E-state index contributed by atoms with van der Waals surface area (Å²) in [6.45, 7) is 3.73. The summed E-state index contributed by atoms with van der Waals surface area (Å²) in [5.74, 6) is 0.545. The van der Waals surface area contributed by atoms with Crippen LogP contribution in [-0.2, 0) is 16.6 Å². The molecule has 1 aromatic heterocycles. The van der Waals surface area contributed by atoms with Crippen molar-refractivity contribution < 1.29 is 9.53 Å². The van der Waals surface area contributed by atoms with E-state index in [9.17, 15) is 14.4 Å². The number of H-pyrrole nitrogens is 1. The molecule has 1 aromatic rings. The predicted octanol–water partition coefficient (Wildman–Crippen LogP) is 0.436. The lowest BCUT2D eigenvalue weighted by atomic mass is 9.78. The Balaban J connectivity index is 1.70. The van der Waals surface area contributed by atoms with Gasteiger partial charge < -0.3 is 15.0 Å². The first-order valence-corrected chi connectivity index (χ1v) is 8.95. The Bertz CT molecular complexity index is 750. The van der Waals surface area contributed by atoms with E-state index in [-0.39, 0.29) is 11.9 Å². The minimum atomic E-state index is -0.632. The number of likely N-dealkylation sites (tertiary alicyclic amines) is 1. The van der Waals surface area contributed by atoms with Crippen molar-refractivity contribution in [3.8, 4) is 0 Å². The molecule has 0 aromatic carbocycles. The van der Waals surface area contributed by atoms with Crippen LogP contribution in [-0.4, -0.2) is 51.7 Å². The highest BCUT2D eigenvalue weighted by atomic mass is 16.5. The fourth-order valence-electron chi connectivity index (χ4n) is 3.67. The maximum atomic E-state index is 12.9. The van der Waals surface area contributed by atoms with Crippen LogP contribution in [0.2, 0.25) is 0 Å². The molecular formula is C17H26N4O4. The van der Waals surface area contributed by atoms with Crippen LogP contribution in [0, 0.1) is 0 Å². The second-order valence-electron chi connectivity index (χ2n) is 6.90. The van der Waals surface area contributed by atoms with Gasteiger partial charge in [-0.05, 0) is 39.0 Å². The number of amides is 1. The summed E-state index contributed by atoms with van der Waals surface area (Å²) < 4.78 is 7.15. The van der Waals surface area contributed by atoms with Crippen LogP contribution >= 0.6 is 0 Å². The molecule has 0 bridgehead atoms. The number of nitrogens with one attached hydrogen (secondary N) is 2. The van der Waals surface area contributed by atoms with Gasteiger partial charge in [0.1, 0.15) is 11.4 Å². The SMILES string of the molecule is CCOC1(C(=O)N2CCCC(Nc3cc(=O)[nH]c(=O)n3C)C2)CCC1. The summed E-state index contributed by atoms with van der Waals surface area (Å²) in [4.78, 5) is 40.3. The van der Waals surface area contributed by atoms with Crippen molar-refractivity contribution in [1.82, 2.24) is 14.5 Å². The van der Waals surface area contributed by atoms with Gasteiger partial charge in [0.15, 0.2) is 0 Å². The van der Waals surface area contributed by atoms with Crippen molar-refractivity contribution in [2.24, 2.45) is 7.05 Å². The zero-order valence-electron chi connectivity index (χ0n) is 14.8. The van der Waals surface area contributed by atoms with Crippen molar-refractivity contribution in [2.45, 2.75) is 50.7 Å². The van der Waals surface area contributed by atoms with Crippen molar-refractivity contribution in [1.29, 1.82) is 0 Å². The summed E-state index contributed by atoms with van der Waals surface area (Å²) in [7, 11) is 1.60. The molecule has 1 saturated carbocycles. The minimum Gasteiger partial charge on any atom is -0.367 e. The van der Waals surface area contributed by atoms with E-state index in [0.717, 1.165) is 38.6 Å². The molecule has 1 aliphatic heterocycles. The third-order valence-electron chi connectivity index (χ3n) is 5.20. The molecule has 1 unspecified atom stereocenters. The van der Waals surface area contributed by atoms with Gasteiger partial charge in [-0.15, -0.1) is 0 Å². The van der Waals surface area contributed by atoms with Gasteiger partial charge >= 0.3 is 5.69 Å².